The van der Waals surface area contributed by atoms with Gasteiger partial charge in [0.25, 0.3) is 0 Å². The number of nitrogens with one attached hydrogen (secondary N) is 2. The Morgan fingerprint density at radius 2 is 1.87 bits per heavy atom. The minimum absolute atomic E-state index is 0.168. The molecule has 4 N–H and O–H groups in total. The number of alkyl carbamates (subject to hydrolysis) is 1. The molecule has 1 aromatic rings. The lowest BCUT2D eigenvalue weighted by Gasteiger charge is -2.21. The van der Waals surface area contributed by atoms with Crippen LogP contribution in [0.15, 0.2) is 54.6 Å². The second-order valence-corrected chi connectivity index (χ2v) is 5.18. The van der Waals surface area contributed by atoms with Crippen LogP contribution in [0.3, 0.4) is 0 Å². The molecule has 1 aliphatic rings. The number of carbonyl (C=O) groups is 2. The predicted molar refractivity (Wildman–Crippen MR) is 87.4 cm³/mol. The molecule has 0 aliphatic heterocycles. The average molecular weight is 315 g/mol. The average Bonchev–Trinajstić information content (AvgIpc) is 2.56. The summed E-state index contributed by atoms with van der Waals surface area (Å²) in [7, 11) is 0. The number of benzene rings is 1. The van der Waals surface area contributed by atoms with Gasteiger partial charge in [0, 0.05) is 19.0 Å². The van der Waals surface area contributed by atoms with E-state index in [-0.39, 0.29) is 37.6 Å². The van der Waals surface area contributed by atoms with Gasteiger partial charge in [0.15, 0.2) is 0 Å². The van der Waals surface area contributed by atoms with Crippen molar-refractivity contribution in [2.24, 2.45) is 5.73 Å². The van der Waals surface area contributed by atoms with E-state index in [2.05, 4.69) is 10.6 Å². The Morgan fingerprint density at radius 3 is 2.61 bits per heavy atom. The minimum atomic E-state index is -0.543. The molecule has 0 heterocycles. The highest BCUT2D eigenvalue weighted by atomic mass is 16.5. The molecule has 23 heavy (non-hydrogen) atoms. The Bertz CT molecular complexity index is 584. The molecular formula is C17H21N3O3. The molecule has 0 saturated carbocycles. The van der Waals surface area contributed by atoms with E-state index in [0.29, 0.717) is 0 Å². The van der Waals surface area contributed by atoms with Gasteiger partial charge < -0.3 is 21.1 Å². The normalized spacial score (nSPS) is 19.2. The molecule has 1 aliphatic carbocycles. The first-order valence-corrected chi connectivity index (χ1v) is 7.49. The van der Waals surface area contributed by atoms with Crippen LogP contribution in [0.2, 0.25) is 0 Å². The van der Waals surface area contributed by atoms with Crippen molar-refractivity contribution in [3.63, 3.8) is 0 Å². The van der Waals surface area contributed by atoms with Crippen LogP contribution in [-0.4, -0.2) is 30.6 Å². The van der Waals surface area contributed by atoms with Crippen molar-refractivity contribution >= 4 is 12.0 Å². The first-order valence-electron chi connectivity index (χ1n) is 7.49. The van der Waals surface area contributed by atoms with E-state index >= 15 is 0 Å². The Balaban J connectivity index is 1.60. The van der Waals surface area contributed by atoms with Crippen LogP contribution in [-0.2, 0) is 16.1 Å². The van der Waals surface area contributed by atoms with Gasteiger partial charge in [-0.1, -0.05) is 54.6 Å². The molecule has 0 aromatic heterocycles. The second-order valence-electron chi connectivity index (χ2n) is 5.18. The summed E-state index contributed by atoms with van der Waals surface area (Å²) < 4.78 is 5.05. The molecule has 2 unspecified atom stereocenters. The van der Waals surface area contributed by atoms with Crippen molar-refractivity contribution in [1.82, 2.24) is 10.6 Å². The summed E-state index contributed by atoms with van der Waals surface area (Å²) in [4.78, 5) is 23.3. The minimum Gasteiger partial charge on any atom is -0.445 e. The van der Waals surface area contributed by atoms with E-state index in [9.17, 15) is 9.59 Å². The number of ether oxygens (including phenoxy) is 1. The fraction of sp³-hybridized carbons (Fsp3) is 0.294. The highest BCUT2D eigenvalue weighted by Gasteiger charge is 2.16. The zero-order chi connectivity index (χ0) is 16.5. The first kappa shape index (κ1) is 16.8. The number of hydrogen-bond donors (Lipinski definition) is 3. The monoisotopic (exact) mass is 315 g/mol. The van der Waals surface area contributed by atoms with E-state index in [1.54, 1.807) is 0 Å². The number of amides is 2. The third-order valence-corrected chi connectivity index (χ3v) is 3.34. The van der Waals surface area contributed by atoms with Gasteiger partial charge >= 0.3 is 6.09 Å². The fourth-order valence-electron chi connectivity index (χ4n) is 2.08. The third-order valence-electron chi connectivity index (χ3n) is 3.34. The Kier molecular flexibility index (Phi) is 6.38. The molecule has 0 fully saturated rings. The summed E-state index contributed by atoms with van der Waals surface area (Å²) in [6, 6.07) is 8.95. The standard InChI is InChI=1S/C17H21N3O3/c18-14-8-4-5-9-15(14)20-16(21)10-11-19-17(22)23-12-13-6-2-1-3-7-13/h1-9,14-15H,10-12,18H2,(H,19,22)(H,20,21). The van der Waals surface area contributed by atoms with Gasteiger partial charge in [-0.25, -0.2) is 4.79 Å². The molecule has 6 heteroatoms. The zero-order valence-corrected chi connectivity index (χ0v) is 12.8. The maximum Gasteiger partial charge on any atom is 0.407 e. The number of carbonyl (C=O) groups excluding carboxylic acids is 2. The molecule has 2 atom stereocenters. The predicted octanol–water partition coefficient (Wildman–Crippen LogP) is 1.24. The van der Waals surface area contributed by atoms with Crippen molar-refractivity contribution < 1.29 is 14.3 Å². The van der Waals surface area contributed by atoms with Gasteiger partial charge in [-0.2, -0.15) is 0 Å². The zero-order valence-electron chi connectivity index (χ0n) is 12.8. The van der Waals surface area contributed by atoms with Crippen LogP contribution in [0.25, 0.3) is 0 Å². The second kappa shape index (κ2) is 8.75. The van der Waals surface area contributed by atoms with E-state index in [1.165, 1.54) is 0 Å². The summed E-state index contributed by atoms with van der Waals surface area (Å²) in [6.45, 7) is 0.411. The van der Waals surface area contributed by atoms with E-state index < -0.39 is 6.09 Å². The van der Waals surface area contributed by atoms with Crippen LogP contribution in [0.1, 0.15) is 12.0 Å². The van der Waals surface area contributed by atoms with Crippen LogP contribution in [0.4, 0.5) is 4.79 Å². The number of nitrogens with two attached hydrogens (primary N) is 1. The van der Waals surface area contributed by atoms with Gasteiger partial charge in [0.05, 0.1) is 6.04 Å². The highest BCUT2D eigenvalue weighted by molar-refractivity contribution is 5.77. The third kappa shape index (κ3) is 5.96. The topological polar surface area (TPSA) is 93.5 Å². The molecule has 6 nitrogen and oxygen atoms in total. The maximum absolute atomic E-state index is 11.8. The fourth-order valence-corrected chi connectivity index (χ4v) is 2.08. The highest BCUT2D eigenvalue weighted by Crippen LogP contribution is 2.02. The van der Waals surface area contributed by atoms with Gasteiger partial charge in [-0.05, 0) is 5.56 Å². The van der Waals surface area contributed by atoms with Gasteiger partial charge in [-0.3, -0.25) is 4.79 Å². The molecule has 0 bridgehead atoms. The summed E-state index contributed by atoms with van der Waals surface area (Å²) in [5.41, 5.74) is 6.77. The molecule has 122 valence electrons. The van der Waals surface area contributed by atoms with E-state index in [1.807, 2.05) is 54.6 Å². The lowest BCUT2D eigenvalue weighted by Crippen LogP contribution is -2.46. The van der Waals surface area contributed by atoms with Gasteiger partial charge in [0.1, 0.15) is 6.61 Å². The Labute approximate surface area is 135 Å². The quantitative estimate of drug-likeness (QED) is 0.736. The van der Waals surface area contributed by atoms with Crippen molar-refractivity contribution in [2.75, 3.05) is 6.54 Å². The van der Waals surface area contributed by atoms with Gasteiger partial charge in [0.2, 0.25) is 5.91 Å². The van der Waals surface area contributed by atoms with Crippen LogP contribution < -0.4 is 16.4 Å². The lowest BCUT2D eigenvalue weighted by atomic mass is 10.0. The van der Waals surface area contributed by atoms with Crippen molar-refractivity contribution in [2.45, 2.75) is 25.1 Å². The molecule has 0 radical (unpaired) electrons. The van der Waals surface area contributed by atoms with E-state index in [0.717, 1.165) is 5.56 Å². The van der Waals surface area contributed by atoms with Crippen molar-refractivity contribution in [3.8, 4) is 0 Å². The summed E-state index contributed by atoms with van der Waals surface area (Å²) in [5, 5.41) is 5.35. The molecule has 2 rings (SSSR count). The lowest BCUT2D eigenvalue weighted by molar-refractivity contribution is -0.121. The number of hydrogen-bond acceptors (Lipinski definition) is 4. The molecule has 0 spiro atoms. The smallest absolute Gasteiger partial charge is 0.407 e. The first-order chi connectivity index (χ1) is 11.1. The maximum atomic E-state index is 11.8. The number of rotatable bonds is 6. The molecular weight excluding hydrogens is 294 g/mol. The molecule has 2 amide bonds. The summed E-state index contributed by atoms with van der Waals surface area (Å²) in [5.74, 6) is -0.172. The van der Waals surface area contributed by atoms with Gasteiger partial charge in [-0.15, -0.1) is 0 Å². The van der Waals surface area contributed by atoms with Crippen LogP contribution in [0, 0.1) is 0 Å². The molecule has 0 saturated heterocycles. The van der Waals surface area contributed by atoms with Crippen molar-refractivity contribution in [3.05, 3.63) is 60.2 Å². The largest absolute Gasteiger partial charge is 0.445 e. The summed E-state index contributed by atoms with van der Waals surface area (Å²) in [6.07, 6.45) is 6.97. The number of allylic oxidation sites excluding steroid dienone is 2. The van der Waals surface area contributed by atoms with Crippen LogP contribution in [0.5, 0.6) is 0 Å². The molecule has 1 aromatic carbocycles. The Hall–Kier alpha value is -2.60. The Morgan fingerprint density at radius 1 is 1.13 bits per heavy atom. The van der Waals surface area contributed by atoms with E-state index in [4.69, 9.17) is 10.5 Å². The van der Waals surface area contributed by atoms with Crippen LogP contribution >= 0.6 is 0 Å². The SMILES string of the molecule is NC1C=CC=CC1NC(=O)CCNC(=O)OCc1ccccc1. The summed E-state index contributed by atoms with van der Waals surface area (Å²) >= 11 is 0. The van der Waals surface area contributed by atoms with Crippen molar-refractivity contribution in [1.29, 1.82) is 0 Å².